The van der Waals surface area contributed by atoms with Crippen LogP contribution in [0.4, 0.5) is 9.52 Å². The van der Waals surface area contributed by atoms with Gasteiger partial charge in [0.1, 0.15) is 10.7 Å². The van der Waals surface area contributed by atoms with Crippen molar-refractivity contribution in [2.45, 2.75) is 6.92 Å². The molecule has 2 aromatic heterocycles. The van der Waals surface area contributed by atoms with E-state index in [2.05, 4.69) is 20.4 Å². The minimum absolute atomic E-state index is 0.339. The average Bonchev–Trinajstić information content (AvgIpc) is 3.29. The average molecular weight is 380 g/mol. The molecule has 0 saturated carbocycles. The van der Waals surface area contributed by atoms with Crippen LogP contribution in [-0.4, -0.2) is 21.0 Å². The highest BCUT2D eigenvalue weighted by molar-refractivity contribution is 7.19. The predicted molar refractivity (Wildman–Crippen MR) is 99.9 cm³/mol. The van der Waals surface area contributed by atoms with Crippen LogP contribution in [0.25, 0.3) is 22.2 Å². The van der Waals surface area contributed by atoms with Gasteiger partial charge in [0.15, 0.2) is 5.13 Å². The lowest BCUT2D eigenvalue weighted by atomic mass is 10.2. The minimum atomic E-state index is -0.399. The monoisotopic (exact) mass is 380 g/mol. The molecule has 6 nitrogen and oxygen atoms in total. The Hall–Kier alpha value is -3.39. The maximum atomic E-state index is 13.0. The molecular formula is C19H13FN4O2S. The van der Waals surface area contributed by atoms with Crippen LogP contribution < -0.4 is 5.32 Å². The third-order valence-electron chi connectivity index (χ3n) is 3.78. The highest BCUT2D eigenvalue weighted by Crippen LogP contribution is 2.33. The molecule has 0 spiro atoms. The first kappa shape index (κ1) is 17.0. The molecule has 2 aromatic carbocycles. The van der Waals surface area contributed by atoms with Gasteiger partial charge in [-0.3, -0.25) is 10.1 Å². The Kier molecular flexibility index (Phi) is 4.47. The molecule has 0 unspecified atom stereocenters. The molecule has 0 bridgehead atoms. The Labute approximate surface area is 157 Å². The van der Waals surface area contributed by atoms with Crippen LogP contribution in [0.5, 0.6) is 0 Å². The number of hydrogen-bond donors (Lipinski definition) is 1. The van der Waals surface area contributed by atoms with Crippen LogP contribution >= 0.6 is 11.3 Å². The van der Waals surface area contributed by atoms with Gasteiger partial charge in [0.05, 0.1) is 5.69 Å². The Morgan fingerprint density at radius 2 is 1.81 bits per heavy atom. The summed E-state index contributed by atoms with van der Waals surface area (Å²) in [7, 11) is 0. The van der Waals surface area contributed by atoms with Gasteiger partial charge in [-0.1, -0.05) is 46.8 Å². The van der Waals surface area contributed by atoms with Gasteiger partial charge in [0.25, 0.3) is 11.8 Å². The summed E-state index contributed by atoms with van der Waals surface area (Å²) in [6.45, 7) is 1.80. The summed E-state index contributed by atoms with van der Waals surface area (Å²) in [6.07, 6.45) is 0. The number of thiazole rings is 1. The highest BCUT2D eigenvalue weighted by Gasteiger charge is 2.18. The topological polar surface area (TPSA) is 80.9 Å². The van der Waals surface area contributed by atoms with E-state index in [1.54, 1.807) is 6.92 Å². The highest BCUT2D eigenvalue weighted by atomic mass is 32.1. The van der Waals surface area contributed by atoms with Crippen molar-refractivity contribution in [1.29, 1.82) is 0 Å². The van der Waals surface area contributed by atoms with E-state index in [0.717, 1.165) is 5.56 Å². The van der Waals surface area contributed by atoms with E-state index in [9.17, 15) is 9.18 Å². The molecule has 134 valence electrons. The van der Waals surface area contributed by atoms with Crippen LogP contribution in [0, 0.1) is 12.7 Å². The first-order valence-corrected chi connectivity index (χ1v) is 8.85. The van der Waals surface area contributed by atoms with Crippen LogP contribution in [0.3, 0.4) is 0 Å². The van der Waals surface area contributed by atoms with Crippen LogP contribution in [-0.2, 0) is 0 Å². The summed E-state index contributed by atoms with van der Waals surface area (Å²) < 4.78 is 18.3. The third-order valence-corrected chi connectivity index (χ3v) is 4.84. The van der Waals surface area contributed by atoms with Crippen molar-refractivity contribution in [1.82, 2.24) is 15.1 Å². The van der Waals surface area contributed by atoms with Gasteiger partial charge in [-0.05, 0) is 31.2 Å². The number of rotatable bonds is 4. The van der Waals surface area contributed by atoms with Crippen molar-refractivity contribution in [3.05, 3.63) is 71.7 Å². The molecule has 1 N–H and O–H groups in total. The largest absolute Gasteiger partial charge is 0.333 e. The van der Waals surface area contributed by atoms with Gasteiger partial charge in [-0.15, -0.1) is 0 Å². The normalized spacial score (nSPS) is 10.7. The molecule has 0 aliphatic rings. The zero-order chi connectivity index (χ0) is 18.8. The number of aryl methyl sites for hydroxylation is 1. The van der Waals surface area contributed by atoms with E-state index in [1.165, 1.54) is 35.6 Å². The lowest BCUT2D eigenvalue weighted by molar-refractivity contribution is 0.102. The van der Waals surface area contributed by atoms with Crippen molar-refractivity contribution in [3.8, 4) is 22.2 Å². The standard InChI is InChI=1S/C19H13FN4O2S/c1-11-15(18-22-16(24-26-18)12-5-3-2-4-6-12)27-19(21-11)23-17(25)13-7-9-14(20)10-8-13/h2-10H,1H3,(H,21,23,25). The molecule has 0 fully saturated rings. The van der Waals surface area contributed by atoms with Gasteiger partial charge in [-0.2, -0.15) is 4.98 Å². The Morgan fingerprint density at radius 3 is 2.56 bits per heavy atom. The summed E-state index contributed by atoms with van der Waals surface area (Å²) in [5.74, 6) is 0.0526. The smallest absolute Gasteiger partial charge is 0.270 e. The second-order valence-electron chi connectivity index (χ2n) is 5.68. The van der Waals surface area contributed by atoms with Crippen LogP contribution in [0.2, 0.25) is 0 Å². The van der Waals surface area contributed by atoms with Gasteiger partial charge in [-0.25, -0.2) is 9.37 Å². The van der Waals surface area contributed by atoms with Gasteiger partial charge in [0, 0.05) is 11.1 Å². The summed E-state index contributed by atoms with van der Waals surface area (Å²) in [6, 6.07) is 14.8. The van der Waals surface area contributed by atoms with Crippen molar-refractivity contribution in [2.24, 2.45) is 0 Å². The fourth-order valence-corrected chi connectivity index (χ4v) is 3.32. The van der Waals surface area contributed by atoms with E-state index in [4.69, 9.17) is 4.52 Å². The molecule has 2 heterocycles. The maximum Gasteiger partial charge on any atom is 0.270 e. The van der Waals surface area contributed by atoms with Crippen LogP contribution in [0.1, 0.15) is 16.1 Å². The Morgan fingerprint density at radius 1 is 1.07 bits per heavy atom. The number of halogens is 1. The lowest BCUT2D eigenvalue weighted by Crippen LogP contribution is -2.11. The first-order chi connectivity index (χ1) is 13.1. The molecule has 0 radical (unpaired) electrons. The molecular weight excluding hydrogens is 367 g/mol. The second kappa shape index (κ2) is 7.08. The zero-order valence-electron chi connectivity index (χ0n) is 14.1. The van der Waals surface area contributed by atoms with Gasteiger partial charge in [0.2, 0.25) is 5.82 Å². The van der Waals surface area contributed by atoms with Crippen LogP contribution in [0.15, 0.2) is 59.1 Å². The number of aromatic nitrogens is 3. The fraction of sp³-hybridized carbons (Fsp3) is 0.0526. The molecule has 4 aromatic rings. The number of benzene rings is 2. The fourth-order valence-electron chi connectivity index (χ4n) is 2.44. The van der Waals surface area contributed by atoms with E-state index >= 15 is 0 Å². The molecule has 4 rings (SSSR count). The van der Waals surface area contributed by atoms with E-state index in [-0.39, 0.29) is 5.91 Å². The number of carbonyl (C=O) groups excluding carboxylic acids is 1. The molecule has 0 atom stereocenters. The number of nitrogens with one attached hydrogen (secondary N) is 1. The summed E-state index contributed by atoms with van der Waals surface area (Å²) in [5, 5.41) is 7.10. The zero-order valence-corrected chi connectivity index (χ0v) is 15.0. The molecule has 0 saturated heterocycles. The van der Waals surface area contributed by atoms with Crippen molar-refractivity contribution >= 4 is 22.4 Å². The lowest BCUT2D eigenvalue weighted by Gasteiger charge is -2.00. The van der Waals surface area contributed by atoms with Crippen molar-refractivity contribution in [2.75, 3.05) is 5.32 Å². The summed E-state index contributed by atoms with van der Waals surface area (Å²) in [4.78, 5) is 21.7. The van der Waals surface area contributed by atoms with Crippen molar-refractivity contribution < 1.29 is 13.7 Å². The summed E-state index contributed by atoms with van der Waals surface area (Å²) in [5.41, 5.74) is 1.85. The number of nitrogens with zero attached hydrogens (tertiary/aromatic N) is 3. The molecule has 0 aliphatic heterocycles. The summed E-state index contributed by atoms with van der Waals surface area (Å²) >= 11 is 1.23. The van der Waals surface area contributed by atoms with Gasteiger partial charge < -0.3 is 4.52 Å². The number of hydrogen-bond acceptors (Lipinski definition) is 6. The number of carbonyl (C=O) groups is 1. The molecule has 8 heteroatoms. The van der Waals surface area contributed by atoms with E-state index in [0.29, 0.717) is 33.0 Å². The SMILES string of the molecule is Cc1nc(NC(=O)c2ccc(F)cc2)sc1-c1nc(-c2ccccc2)no1. The molecule has 27 heavy (non-hydrogen) atoms. The second-order valence-corrected chi connectivity index (χ2v) is 6.68. The number of anilines is 1. The van der Waals surface area contributed by atoms with E-state index < -0.39 is 5.82 Å². The number of amides is 1. The Bertz CT molecular complexity index is 1090. The first-order valence-electron chi connectivity index (χ1n) is 8.04. The Balaban J connectivity index is 1.56. The quantitative estimate of drug-likeness (QED) is 0.561. The van der Waals surface area contributed by atoms with E-state index in [1.807, 2.05) is 30.3 Å². The van der Waals surface area contributed by atoms with Gasteiger partial charge >= 0.3 is 0 Å². The van der Waals surface area contributed by atoms with Crippen molar-refractivity contribution in [3.63, 3.8) is 0 Å². The molecule has 0 aliphatic carbocycles. The predicted octanol–water partition coefficient (Wildman–Crippen LogP) is 4.56. The minimum Gasteiger partial charge on any atom is -0.333 e. The molecule has 1 amide bonds. The third kappa shape index (κ3) is 3.61. The maximum absolute atomic E-state index is 13.0.